The number of aromatic hydroxyl groups is 1. The minimum atomic E-state index is -0.306. The summed E-state index contributed by atoms with van der Waals surface area (Å²) in [6.45, 7) is 4.69. The quantitative estimate of drug-likeness (QED) is 0.780. The third kappa shape index (κ3) is 2.27. The van der Waals surface area contributed by atoms with Crippen LogP contribution in [0.4, 0.5) is 4.39 Å². The van der Waals surface area contributed by atoms with Crippen molar-refractivity contribution in [3.63, 3.8) is 0 Å². The van der Waals surface area contributed by atoms with E-state index < -0.39 is 0 Å². The van der Waals surface area contributed by atoms with Gasteiger partial charge in [-0.3, -0.25) is 0 Å². The van der Waals surface area contributed by atoms with E-state index in [4.69, 9.17) is 0 Å². The maximum absolute atomic E-state index is 14.0. The second kappa shape index (κ2) is 5.20. The van der Waals surface area contributed by atoms with E-state index in [2.05, 4.69) is 11.9 Å². The molecule has 0 saturated heterocycles. The van der Waals surface area contributed by atoms with E-state index in [0.29, 0.717) is 5.52 Å². The fraction of sp³-hybridized carbons (Fsp3) is 0.235. The Hall–Kier alpha value is -2.36. The van der Waals surface area contributed by atoms with Gasteiger partial charge >= 0.3 is 0 Å². The molecule has 1 aromatic heterocycles. The molecule has 3 nitrogen and oxygen atoms in total. The highest BCUT2D eigenvalue weighted by molar-refractivity contribution is 5.81. The number of phenols is 1. The number of rotatable bonds is 3. The number of aryl methyl sites for hydroxylation is 2. The van der Waals surface area contributed by atoms with E-state index in [1.807, 2.05) is 29.7 Å². The first kappa shape index (κ1) is 13.6. The predicted octanol–water partition coefficient (Wildman–Crippen LogP) is 4.27. The third-order valence-corrected chi connectivity index (χ3v) is 3.63. The van der Waals surface area contributed by atoms with Gasteiger partial charge in [0.1, 0.15) is 17.1 Å². The molecule has 108 valence electrons. The predicted molar refractivity (Wildman–Crippen MR) is 81.8 cm³/mol. The molecule has 0 aliphatic carbocycles. The van der Waals surface area contributed by atoms with Gasteiger partial charge in [-0.2, -0.15) is 0 Å². The maximum Gasteiger partial charge on any atom is 0.151 e. The highest BCUT2D eigenvalue weighted by Crippen LogP contribution is 2.29. The molecule has 0 amide bonds. The Kier molecular flexibility index (Phi) is 3.37. The zero-order valence-electron chi connectivity index (χ0n) is 12.1. The zero-order chi connectivity index (χ0) is 15.0. The Morgan fingerprint density at radius 1 is 1.24 bits per heavy atom. The molecule has 0 atom stereocenters. The van der Waals surface area contributed by atoms with Crippen LogP contribution in [0, 0.1) is 12.7 Å². The van der Waals surface area contributed by atoms with E-state index in [0.717, 1.165) is 35.4 Å². The van der Waals surface area contributed by atoms with Crippen LogP contribution in [-0.4, -0.2) is 14.7 Å². The van der Waals surface area contributed by atoms with Crippen LogP contribution in [0.15, 0.2) is 36.4 Å². The summed E-state index contributed by atoms with van der Waals surface area (Å²) >= 11 is 0. The van der Waals surface area contributed by atoms with Gasteiger partial charge in [-0.05, 0) is 49.2 Å². The molecule has 3 aromatic rings. The van der Waals surface area contributed by atoms with E-state index in [-0.39, 0.29) is 11.6 Å². The molecule has 21 heavy (non-hydrogen) atoms. The second-order valence-corrected chi connectivity index (χ2v) is 5.20. The van der Waals surface area contributed by atoms with Crippen LogP contribution in [0.2, 0.25) is 0 Å². The first-order valence-electron chi connectivity index (χ1n) is 7.06. The molecule has 0 aliphatic heterocycles. The van der Waals surface area contributed by atoms with Crippen molar-refractivity contribution in [2.24, 2.45) is 0 Å². The Labute approximate surface area is 122 Å². The van der Waals surface area contributed by atoms with Gasteiger partial charge in [0.2, 0.25) is 0 Å². The number of halogens is 1. The molecule has 1 N–H and O–H groups in total. The van der Waals surface area contributed by atoms with Crippen molar-refractivity contribution in [1.82, 2.24) is 9.55 Å². The number of benzene rings is 2. The Morgan fingerprint density at radius 3 is 2.76 bits per heavy atom. The summed E-state index contributed by atoms with van der Waals surface area (Å²) < 4.78 is 16.0. The lowest BCUT2D eigenvalue weighted by Gasteiger charge is -2.09. The van der Waals surface area contributed by atoms with Crippen molar-refractivity contribution in [3.8, 4) is 17.1 Å². The minimum Gasteiger partial charge on any atom is -0.508 e. The maximum atomic E-state index is 14.0. The largest absolute Gasteiger partial charge is 0.508 e. The van der Waals surface area contributed by atoms with Crippen LogP contribution in [0.1, 0.15) is 18.9 Å². The SMILES string of the molecule is CCCn1c(-c2ccc(O)c(C)c2)nc2c(F)cccc21. The molecule has 0 saturated carbocycles. The number of nitrogens with zero attached hydrogens (tertiary/aromatic N) is 2. The van der Waals surface area contributed by atoms with Crippen LogP contribution < -0.4 is 0 Å². The number of fused-ring (bicyclic) bond motifs is 1. The summed E-state index contributed by atoms with van der Waals surface area (Å²) in [5.74, 6) is 0.683. The van der Waals surface area contributed by atoms with E-state index in [9.17, 15) is 9.50 Å². The Morgan fingerprint density at radius 2 is 2.05 bits per heavy atom. The number of phenolic OH excluding ortho intramolecular Hbond substituents is 1. The van der Waals surface area contributed by atoms with Gasteiger partial charge in [0, 0.05) is 12.1 Å². The average molecular weight is 284 g/mol. The van der Waals surface area contributed by atoms with Crippen molar-refractivity contribution in [1.29, 1.82) is 0 Å². The van der Waals surface area contributed by atoms with Crippen LogP contribution in [-0.2, 0) is 6.54 Å². The lowest BCUT2D eigenvalue weighted by Crippen LogP contribution is -1.99. The molecule has 4 heteroatoms. The van der Waals surface area contributed by atoms with Crippen molar-refractivity contribution < 1.29 is 9.50 Å². The van der Waals surface area contributed by atoms with Crippen LogP contribution in [0.5, 0.6) is 5.75 Å². The van der Waals surface area contributed by atoms with Crippen LogP contribution in [0.3, 0.4) is 0 Å². The molecule has 1 heterocycles. The smallest absolute Gasteiger partial charge is 0.151 e. The lowest BCUT2D eigenvalue weighted by atomic mass is 10.1. The monoisotopic (exact) mass is 284 g/mol. The number of para-hydroxylation sites is 1. The first-order chi connectivity index (χ1) is 10.1. The number of hydrogen-bond donors (Lipinski definition) is 1. The van der Waals surface area contributed by atoms with Crippen molar-refractivity contribution in [3.05, 3.63) is 47.8 Å². The fourth-order valence-electron chi connectivity index (χ4n) is 2.58. The lowest BCUT2D eigenvalue weighted by molar-refractivity contribution is 0.471. The molecule has 0 bridgehead atoms. The van der Waals surface area contributed by atoms with E-state index in [1.165, 1.54) is 6.07 Å². The van der Waals surface area contributed by atoms with Crippen molar-refractivity contribution in [2.45, 2.75) is 26.8 Å². The van der Waals surface area contributed by atoms with Gasteiger partial charge in [0.05, 0.1) is 5.52 Å². The summed E-state index contributed by atoms with van der Waals surface area (Å²) in [5, 5.41) is 9.66. The van der Waals surface area contributed by atoms with Crippen LogP contribution in [0.25, 0.3) is 22.4 Å². The van der Waals surface area contributed by atoms with E-state index in [1.54, 1.807) is 12.1 Å². The Bertz CT molecular complexity index is 808. The normalized spacial score (nSPS) is 11.2. The van der Waals surface area contributed by atoms with E-state index >= 15 is 0 Å². The average Bonchev–Trinajstić information content (AvgIpc) is 2.83. The first-order valence-corrected chi connectivity index (χ1v) is 7.06. The molecule has 3 rings (SSSR count). The topological polar surface area (TPSA) is 38.0 Å². The summed E-state index contributed by atoms with van der Waals surface area (Å²) in [5.41, 5.74) is 2.86. The highest BCUT2D eigenvalue weighted by Gasteiger charge is 2.15. The summed E-state index contributed by atoms with van der Waals surface area (Å²) in [6.07, 6.45) is 0.937. The van der Waals surface area contributed by atoms with Gasteiger partial charge < -0.3 is 9.67 Å². The molecule has 0 spiro atoms. The van der Waals surface area contributed by atoms with Crippen LogP contribution >= 0.6 is 0 Å². The van der Waals surface area contributed by atoms with Crippen molar-refractivity contribution >= 4 is 11.0 Å². The molecule has 0 radical (unpaired) electrons. The standard InChI is InChI=1S/C17H17FN2O/c1-3-9-20-14-6-4-5-13(18)16(14)19-17(20)12-7-8-15(21)11(2)10-12/h4-8,10,21H,3,9H2,1-2H3. The van der Waals surface area contributed by atoms with Gasteiger partial charge in [0.25, 0.3) is 0 Å². The second-order valence-electron chi connectivity index (χ2n) is 5.20. The highest BCUT2D eigenvalue weighted by atomic mass is 19.1. The van der Waals surface area contributed by atoms with Gasteiger partial charge in [0.15, 0.2) is 5.82 Å². The third-order valence-electron chi connectivity index (χ3n) is 3.63. The fourth-order valence-corrected chi connectivity index (χ4v) is 2.58. The minimum absolute atomic E-state index is 0.253. The molecule has 0 fully saturated rings. The number of imidazole rings is 1. The molecule has 0 aliphatic rings. The summed E-state index contributed by atoms with van der Waals surface area (Å²) in [6, 6.07) is 10.4. The van der Waals surface area contributed by atoms with Gasteiger partial charge in [-0.1, -0.05) is 13.0 Å². The molecule has 2 aromatic carbocycles. The molecule has 0 unspecified atom stereocenters. The summed E-state index contributed by atoms with van der Waals surface area (Å²) in [4.78, 5) is 4.48. The van der Waals surface area contributed by atoms with Gasteiger partial charge in [-0.15, -0.1) is 0 Å². The summed E-state index contributed by atoms with van der Waals surface area (Å²) in [7, 11) is 0. The van der Waals surface area contributed by atoms with Crippen molar-refractivity contribution in [2.75, 3.05) is 0 Å². The zero-order valence-corrected chi connectivity index (χ0v) is 12.1. The number of hydrogen-bond acceptors (Lipinski definition) is 2. The number of aromatic nitrogens is 2. The van der Waals surface area contributed by atoms with Gasteiger partial charge in [-0.25, -0.2) is 9.37 Å². The molecular weight excluding hydrogens is 267 g/mol. The Balaban J connectivity index is 2.27. The molecular formula is C17H17FN2O.